The number of aliphatic imine (C=N–C) groups is 1. The molecule has 3 aliphatic rings. The summed E-state index contributed by atoms with van der Waals surface area (Å²) in [5.74, 6) is 1.39. The van der Waals surface area contributed by atoms with Crippen LogP contribution in [0.25, 0.3) is 71.9 Å². The minimum atomic E-state index is -0.253. The highest BCUT2D eigenvalue weighted by molar-refractivity contribution is 6.13. The Balaban J connectivity index is 1.26. The highest BCUT2D eigenvalue weighted by Crippen LogP contribution is 2.68. The normalized spacial score (nSPS) is 19.7. The monoisotopic (exact) mass is 666 g/mol. The Hall–Kier alpha value is -6.52. The molecule has 52 heavy (non-hydrogen) atoms. The predicted molar refractivity (Wildman–Crippen MR) is 211 cm³/mol. The highest BCUT2D eigenvalue weighted by atomic mass is 16.3. The number of para-hydroxylation sites is 3. The number of fused-ring (bicyclic) bond motifs is 16. The molecule has 0 bridgehead atoms. The molecule has 3 unspecified atom stereocenters. The van der Waals surface area contributed by atoms with Crippen LogP contribution in [0.1, 0.15) is 22.6 Å². The van der Waals surface area contributed by atoms with E-state index < -0.39 is 0 Å². The van der Waals surface area contributed by atoms with Crippen molar-refractivity contribution in [1.82, 2.24) is 4.57 Å². The molecule has 244 valence electrons. The largest absolute Gasteiger partial charge is 0.455 e. The first-order valence-electron chi connectivity index (χ1n) is 18.1. The number of benzene rings is 7. The lowest BCUT2D eigenvalue weighted by atomic mass is 9.82. The average molecular weight is 667 g/mol. The van der Waals surface area contributed by atoms with Gasteiger partial charge in [-0.15, -0.1) is 0 Å². The summed E-state index contributed by atoms with van der Waals surface area (Å²) in [6, 6.07) is 55.1. The van der Waals surface area contributed by atoms with Crippen molar-refractivity contribution < 1.29 is 8.98 Å². The molecule has 4 heterocycles. The maximum absolute atomic E-state index is 7.00. The van der Waals surface area contributed by atoms with Crippen molar-refractivity contribution in [3.8, 4) is 28.2 Å². The number of hydrogen-bond acceptors (Lipinski definition) is 2. The summed E-state index contributed by atoms with van der Waals surface area (Å²) >= 11 is 0. The summed E-state index contributed by atoms with van der Waals surface area (Å²) < 4.78 is 12.1. The molecule has 0 saturated heterocycles. The fourth-order valence-corrected chi connectivity index (χ4v) is 9.91. The van der Waals surface area contributed by atoms with Gasteiger partial charge in [-0.1, -0.05) is 134 Å². The molecule has 9 aromatic rings. The van der Waals surface area contributed by atoms with Gasteiger partial charge >= 0.3 is 0 Å². The second kappa shape index (κ2) is 10.0. The average Bonchev–Trinajstić information content (AvgIpc) is 3.49. The van der Waals surface area contributed by atoms with Crippen molar-refractivity contribution in [3.63, 3.8) is 0 Å². The van der Waals surface area contributed by atoms with Crippen molar-refractivity contribution in [2.24, 2.45) is 4.99 Å². The molecular weight excluding hydrogens is 635 g/mol. The van der Waals surface area contributed by atoms with E-state index in [9.17, 15) is 0 Å². The number of hydrogen-bond donors (Lipinski definition) is 0. The van der Waals surface area contributed by atoms with Crippen molar-refractivity contribution in [2.45, 2.75) is 23.9 Å². The molecule has 12 rings (SSSR count). The van der Waals surface area contributed by atoms with Crippen molar-refractivity contribution in [3.05, 3.63) is 181 Å². The fourth-order valence-electron chi connectivity index (χ4n) is 9.91. The Kier molecular flexibility index (Phi) is 5.45. The van der Waals surface area contributed by atoms with Crippen LogP contribution in [-0.4, -0.2) is 16.3 Å². The van der Waals surface area contributed by atoms with Crippen molar-refractivity contribution in [2.75, 3.05) is 0 Å². The van der Waals surface area contributed by atoms with E-state index in [1.165, 1.54) is 55.3 Å². The molecule has 4 nitrogen and oxygen atoms in total. The van der Waals surface area contributed by atoms with E-state index in [-0.39, 0.29) is 17.4 Å². The predicted octanol–water partition coefficient (Wildman–Crippen LogP) is 10.7. The van der Waals surface area contributed by atoms with Gasteiger partial charge < -0.3 is 4.42 Å². The summed E-state index contributed by atoms with van der Waals surface area (Å²) in [7, 11) is 0. The molecule has 0 radical (unpaired) electrons. The van der Waals surface area contributed by atoms with Crippen LogP contribution in [0, 0.1) is 0 Å². The molecule has 1 spiro atoms. The molecule has 1 saturated carbocycles. The second-order valence-electron chi connectivity index (χ2n) is 14.5. The third kappa shape index (κ3) is 3.46. The zero-order valence-electron chi connectivity index (χ0n) is 28.3. The first-order valence-corrected chi connectivity index (χ1v) is 18.1. The van der Waals surface area contributed by atoms with Crippen LogP contribution in [0.2, 0.25) is 0 Å². The third-order valence-corrected chi connectivity index (χ3v) is 12.1. The van der Waals surface area contributed by atoms with Gasteiger partial charge in [0, 0.05) is 33.2 Å². The van der Waals surface area contributed by atoms with E-state index in [2.05, 4.69) is 167 Å². The van der Waals surface area contributed by atoms with Crippen LogP contribution in [-0.2, 0) is 12.0 Å². The molecule has 4 heteroatoms. The number of allylic oxidation sites excluding steroid dienone is 1. The van der Waals surface area contributed by atoms with Crippen LogP contribution in [0.5, 0.6) is 0 Å². The standard InChI is InChI=1S/C48H32N3O/c1-2-38-33-18-8-9-20-35(33)43-46(49-38)48(43)28-50-39-21-11-12-22-40(39)51(44-31-17-7-6-16-30(31)24-25-32(44)29-14-4-3-5-15-29)47(50)42-37(48)27-26-36-34-19-10-13-23-41(34)52-45(36)42/h2-27,43,46H,1,28H2/q+1. The van der Waals surface area contributed by atoms with Crippen LogP contribution in [0.15, 0.2) is 174 Å². The summed E-state index contributed by atoms with van der Waals surface area (Å²) in [5, 5.41) is 4.69. The van der Waals surface area contributed by atoms with Crippen LogP contribution >= 0.6 is 0 Å². The Bertz CT molecular complexity index is 3040. The first-order chi connectivity index (χ1) is 25.8. The lowest BCUT2D eigenvalue weighted by molar-refractivity contribution is -0.668. The zero-order valence-corrected chi connectivity index (χ0v) is 28.3. The molecule has 2 aromatic heterocycles. The van der Waals surface area contributed by atoms with Gasteiger partial charge in [0.15, 0.2) is 16.6 Å². The van der Waals surface area contributed by atoms with E-state index in [0.717, 1.165) is 45.6 Å². The Morgan fingerprint density at radius 1 is 0.712 bits per heavy atom. The molecule has 2 aliphatic heterocycles. The second-order valence-corrected chi connectivity index (χ2v) is 14.5. The molecule has 1 aliphatic carbocycles. The van der Waals surface area contributed by atoms with Crippen LogP contribution < -0.4 is 4.57 Å². The summed E-state index contributed by atoms with van der Waals surface area (Å²) in [6.45, 7) is 5.00. The molecule has 0 amide bonds. The zero-order chi connectivity index (χ0) is 34.1. The Morgan fingerprint density at radius 2 is 1.48 bits per heavy atom. The lowest BCUT2D eigenvalue weighted by Gasteiger charge is -2.25. The number of imidazole rings is 1. The van der Waals surface area contributed by atoms with Gasteiger partial charge in [0.25, 0.3) is 5.82 Å². The van der Waals surface area contributed by atoms with Crippen molar-refractivity contribution >= 4 is 49.5 Å². The van der Waals surface area contributed by atoms with E-state index in [1.807, 2.05) is 6.08 Å². The lowest BCUT2D eigenvalue weighted by Crippen LogP contribution is -2.47. The van der Waals surface area contributed by atoms with Gasteiger partial charge in [-0.05, 0) is 52.4 Å². The third-order valence-electron chi connectivity index (χ3n) is 12.1. The molecule has 0 N–H and O–H groups in total. The first kappa shape index (κ1) is 28.2. The summed E-state index contributed by atoms with van der Waals surface area (Å²) in [5.41, 5.74) is 13.5. The van der Waals surface area contributed by atoms with E-state index >= 15 is 0 Å². The quantitative estimate of drug-likeness (QED) is 0.173. The molecule has 1 fully saturated rings. The van der Waals surface area contributed by atoms with Gasteiger partial charge in [-0.2, -0.15) is 4.57 Å². The number of aromatic nitrogens is 2. The van der Waals surface area contributed by atoms with Gasteiger partial charge in [0.05, 0.1) is 17.2 Å². The highest BCUT2D eigenvalue weighted by Gasteiger charge is 2.72. The summed E-state index contributed by atoms with van der Waals surface area (Å²) in [4.78, 5) is 5.48. The fraction of sp³-hybridized carbons (Fsp3) is 0.0833. The summed E-state index contributed by atoms with van der Waals surface area (Å²) in [6.07, 6.45) is 1.93. The molecule has 7 aromatic carbocycles. The number of furan rings is 1. The number of rotatable bonds is 3. The Labute approximate surface area is 300 Å². The SMILES string of the molecule is C=CC1=NC2C(c3ccccc31)C21C[n+]2c(n(-c3c(-c4ccccc4)ccc4ccccc34)c3ccccc32)-c2c1ccc1c2oc2ccccc21. The minimum absolute atomic E-state index is 0.0937. The van der Waals surface area contributed by atoms with Crippen molar-refractivity contribution in [1.29, 1.82) is 0 Å². The van der Waals surface area contributed by atoms with E-state index in [4.69, 9.17) is 9.41 Å². The maximum atomic E-state index is 7.00. The smallest absolute Gasteiger partial charge is 0.299 e. The molecular formula is C48H32N3O+. The molecule has 3 atom stereocenters. The van der Waals surface area contributed by atoms with Gasteiger partial charge in [0.1, 0.15) is 23.4 Å². The van der Waals surface area contributed by atoms with Gasteiger partial charge in [-0.25, -0.2) is 4.57 Å². The maximum Gasteiger partial charge on any atom is 0.299 e. The van der Waals surface area contributed by atoms with E-state index in [1.54, 1.807) is 0 Å². The Morgan fingerprint density at radius 3 is 2.38 bits per heavy atom. The number of nitrogens with zero attached hydrogens (tertiary/aromatic N) is 3. The minimum Gasteiger partial charge on any atom is -0.455 e. The van der Waals surface area contributed by atoms with Gasteiger partial charge in [-0.3, -0.25) is 4.99 Å². The van der Waals surface area contributed by atoms with Gasteiger partial charge in [0.2, 0.25) is 0 Å². The van der Waals surface area contributed by atoms with Crippen LogP contribution in [0.4, 0.5) is 0 Å². The van der Waals surface area contributed by atoms with E-state index in [0.29, 0.717) is 0 Å². The topological polar surface area (TPSA) is 34.3 Å². The van der Waals surface area contributed by atoms with Crippen LogP contribution in [0.3, 0.4) is 0 Å².